The number of nitrogens with one attached hydrogen (secondary N) is 1. The highest BCUT2D eigenvalue weighted by Gasteiger charge is 2.27. The molecule has 4 unspecified atom stereocenters. The first-order chi connectivity index (χ1) is 7.95. The van der Waals surface area contributed by atoms with Gasteiger partial charge in [-0.3, -0.25) is 4.79 Å². The lowest BCUT2D eigenvalue weighted by atomic mass is 9.79. The van der Waals surface area contributed by atoms with Crippen molar-refractivity contribution in [1.82, 2.24) is 10.2 Å². The second kappa shape index (κ2) is 6.39. The predicted octanol–water partition coefficient (Wildman–Crippen LogP) is 2.27. The fourth-order valence-corrected chi connectivity index (χ4v) is 2.61. The monoisotopic (exact) mass is 240 g/mol. The van der Waals surface area contributed by atoms with Gasteiger partial charge in [-0.1, -0.05) is 13.8 Å². The predicted molar refractivity (Wildman–Crippen MR) is 71.9 cm³/mol. The number of hydrogen-bond acceptors (Lipinski definition) is 2. The smallest absolute Gasteiger partial charge is 0.239 e. The van der Waals surface area contributed by atoms with Crippen LogP contribution in [0.2, 0.25) is 0 Å². The van der Waals surface area contributed by atoms with Crippen LogP contribution in [0, 0.1) is 11.8 Å². The lowest BCUT2D eigenvalue weighted by Gasteiger charge is -2.34. The molecule has 0 heterocycles. The average Bonchev–Trinajstić information content (AvgIpc) is 2.31. The first-order valence-electron chi connectivity index (χ1n) is 6.96. The number of nitrogens with zero attached hydrogens (tertiary/aromatic N) is 1. The van der Waals surface area contributed by atoms with E-state index in [2.05, 4.69) is 19.2 Å². The number of likely N-dealkylation sites (N-methyl/N-ethyl adjacent to an activating group) is 1. The third kappa shape index (κ3) is 3.98. The molecule has 17 heavy (non-hydrogen) atoms. The minimum absolute atomic E-state index is 0.0504. The summed E-state index contributed by atoms with van der Waals surface area (Å²) in [7, 11) is 1.87. The van der Waals surface area contributed by atoms with Crippen LogP contribution in [0.25, 0.3) is 0 Å². The van der Waals surface area contributed by atoms with Gasteiger partial charge in [0.15, 0.2) is 0 Å². The zero-order valence-corrected chi connectivity index (χ0v) is 12.0. The Kier molecular flexibility index (Phi) is 5.44. The van der Waals surface area contributed by atoms with Crippen LogP contribution < -0.4 is 5.32 Å². The van der Waals surface area contributed by atoms with Gasteiger partial charge in [-0.25, -0.2) is 0 Å². The summed E-state index contributed by atoms with van der Waals surface area (Å²) in [4.78, 5) is 13.7. The van der Waals surface area contributed by atoms with Gasteiger partial charge >= 0.3 is 0 Å². The molecule has 0 radical (unpaired) electrons. The number of hydrogen-bond donors (Lipinski definition) is 1. The van der Waals surface area contributed by atoms with Crippen molar-refractivity contribution < 1.29 is 4.79 Å². The van der Waals surface area contributed by atoms with E-state index >= 15 is 0 Å². The minimum Gasteiger partial charge on any atom is -0.345 e. The maximum Gasteiger partial charge on any atom is 0.239 e. The van der Waals surface area contributed by atoms with E-state index in [0.29, 0.717) is 6.04 Å². The van der Waals surface area contributed by atoms with Gasteiger partial charge in [0.1, 0.15) is 0 Å². The van der Waals surface area contributed by atoms with Crippen molar-refractivity contribution in [3.63, 3.8) is 0 Å². The van der Waals surface area contributed by atoms with Gasteiger partial charge in [0.05, 0.1) is 6.04 Å². The molecule has 100 valence electrons. The van der Waals surface area contributed by atoms with E-state index in [0.717, 1.165) is 18.4 Å². The summed E-state index contributed by atoms with van der Waals surface area (Å²) in [6, 6.07) is 0.468. The van der Waals surface area contributed by atoms with E-state index in [1.54, 1.807) is 4.90 Å². The van der Waals surface area contributed by atoms with Crippen molar-refractivity contribution in [2.24, 2.45) is 11.8 Å². The molecule has 0 spiro atoms. The van der Waals surface area contributed by atoms with Crippen LogP contribution in [0.3, 0.4) is 0 Å². The first-order valence-corrected chi connectivity index (χ1v) is 6.96. The first kappa shape index (κ1) is 14.5. The summed E-state index contributed by atoms with van der Waals surface area (Å²) in [5.41, 5.74) is 0. The molecular formula is C14H28N2O. The number of carbonyl (C=O) groups is 1. The van der Waals surface area contributed by atoms with Gasteiger partial charge in [0.25, 0.3) is 0 Å². The van der Waals surface area contributed by atoms with Gasteiger partial charge in [-0.05, 0) is 44.9 Å². The fourth-order valence-electron chi connectivity index (χ4n) is 2.61. The van der Waals surface area contributed by atoms with Gasteiger partial charge in [-0.2, -0.15) is 0 Å². The van der Waals surface area contributed by atoms with E-state index < -0.39 is 0 Å². The standard InChI is InChI=1S/C14H28N2O/c1-6-16(5)14(17)12(4)15-13-8-7-10(2)11(3)9-13/h10-13,15H,6-9H2,1-5H3. The molecule has 0 aromatic carbocycles. The maximum absolute atomic E-state index is 12.0. The van der Waals surface area contributed by atoms with Crippen LogP contribution in [-0.4, -0.2) is 36.5 Å². The lowest BCUT2D eigenvalue weighted by Crippen LogP contribution is -2.48. The average molecular weight is 240 g/mol. The molecule has 0 aliphatic heterocycles. The summed E-state index contributed by atoms with van der Waals surface area (Å²) in [6.07, 6.45) is 3.69. The quantitative estimate of drug-likeness (QED) is 0.817. The van der Waals surface area contributed by atoms with Crippen LogP contribution in [0.5, 0.6) is 0 Å². The zero-order valence-electron chi connectivity index (χ0n) is 12.0. The molecule has 1 fully saturated rings. The Balaban J connectivity index is 2.41. The molecule has 0 aromatic heterocycles. The maximum atomic E-state index is 12.0. The molecule has 3 nitrogen and oxygen atoms in total. The molecular weight excluding hydrogens is 212 g/mol. The Morgan fingerprint density at radius 3 is 2.53 bits per heavy atom. The molecule has 3 heteroatoms. The molecule has 1 amide bonds. The Labute approximate surface area is 106 Å². The van der Waals surface area contributed by atoms with E-state index in [9.17, 15) is 4.79 Å². The summed E-state index contributed by atoms with van der Waals surface area (Å²) < 4.78 is 0. The minimum atomic E-state index is -0.0504. The SMILES string of the molecule is CCN(C)C(=O)C(C)NC1CCC(C)C(C)C1. The lowest BCUT2D eigenvalue weighted by molar-refractivity contribution is -0.131. The van der Waals surface area contributed by atoms with Crippen molar-refractivity contribution >= 4 is 5.91 Å². The molecule has 4 atom stereocenters. The summed E-state index contributed by atoms with van der Waals surface area (Å²) >= 11 is 0. The van der Waals surface area contributed by atoms with Gasteiger partial charge in [0.2, 0.25) is 5.91 Å². The van der Waals surface area contributed by atoms with Crippen molar-refractivity contribution in [3.8, 4) is 0 Å². The fraction of sp³-hybridized carbons (Fsp3) is 0.929. The number of carbonyl (C=O) groups excluding carboxylic acids is 1. The summed E-state index contributed by atoms with van der Waals surface area (Å²) in [5, 5.41) is 3.49. The topological polar surface area (TPSA) is 32.3 Å². The second-order valence-corrected chi connectivity index (χ2v) is 5.71. The number of amides is 1. The molecule has 1 N–H and O–H groups in total. The Bertz CT molecular complexity index is 255. The van der Waals surface area contributed by atoms with Crippen molar-refractivity contribution in [2.75, 3.05) is 13.6 Å². The normalized spacial score (nSPS) is 31.0. The van der Waals surface area contributed by atoms with Gasteiger partial charge in [-0.15, -0.1) is 0 Å². The Hall–Kier alpha value is -0.570. The molecule has 0 aromatic rings. The zero-order chi connectivity index (χ0) is 13.0. The second-order valence-electron chi connectivity index (χ2n) is 5.71. The largest absolute Gasteiger partial charge is 0.345 e. The molecule has 0 bridgehead atoms. The highest BCUT2D eigenvalue weighted by molar-refractivity contribution is 5.81. The third-order valence-electron chi connectivity index (χ3n) is 4.30. The van der Waals surface area contributed by atoms with Crippen molar-refractivity contribution in [3.05, 3.63) is 0 Å². The van der Waals surface area contributed by atoms with Crippen LogP contribution in [0.4, 0.5) is 0 Å². The molecule has 0 saturated heterocycles. The molecule has 1 rings (SSSR count). The van der Waals surface area contributed by atoms with Gasteiger partial charge < -0.3 is 10.2 Å². The third-order valence-corrected chi connectivity index (χ3v) is 4.30. The van der Waals surface area contributed by atoms with Gasteiger partial charge in [0, 0.05) is 19.6 Å². The van der Waals surface area contributed by atoms with Crippen LogP contribution >= 0.6 is 0 Å². The molecule has 1 saturated carbocycles. The van der Waals surface area contributed by atoms with Crippen LogP contribution in [0.15, 0.2) is 0 Å². The molecule has 1 aliphatic rings. The molecule has 1 aliphatic carbocycles. The van der Waals surface area contributed by atoms with Crippen LogP contribution in [0.1, 0.15) is 47.0 Å². The van der Waals surface area contributed by atoms with Crippen LogP contribution in [-0.2, 0) is 4.79 Å². The number of rotatable bonds is 4. The summed E-state index contributed by atoms with van der Waals surface area (Å²) in [6.45, 7) is 9.43. The highest BCUT2D eigenvalue weighted by Crippen LogP contribution is 2.29. The van der Waals surface area contributed by atoms with E-state index in [-0.39, 0.29) is 11.9 Å². The van der Waals surface area contributed by atoms with E-state index in [1.165, 1.54) is 19.3 Å². The van der Waals surface area contributed by atoms with E-state index in [4.69, 9.17) is 0 Å². The van der Waals surface area contributed by atoms with Crippen molar-refractivity contribution in [1.29, 1.82) is 0 Å². The van der Waals surface area contributed by atoms with E-state index in [1.807, 2.05) is 20.9 Å². The Morgan fingerprint density at radius 2 is 2.00 bits per heavy atom. The highest BCUT2D eigenvalue weighted by atomic mass is 16.2. The Morgan fingerprint density at radius 1 is 1.35 bits per heavy atom. The van der Waals surface area contributed by atoms with Crippen molar-refractivity contribution in [2.45, 2.75) is 59.0 Å². The summed E-state index contributed by atoms with van der Waals surface area (Å²) in [5.74, 6) is 1.81.